The van der Waals surface area contributed by atoms with E-state index in [1.165, 1.54) is 11.8 Å². The highest BCUT2D eigenvalue weighted by atomic mass is 32.2. The minimum absolute atomic E-state index is 0.0250. The molecule has 0 aliphatic carbocycles. The number of carbonyl (C=O) groups excluding carboxylic acids is 1. The molecule has 2 aromatic heterocycles. The minimum atomic E-state index is -0.146. The highest BCUT2D eigenvalue weighted by molar-refractivity contribution is 7.99. The van der Waals surface area contributed by atoms with E-state index in [-0.39, 0.29) is 17.1 Å². The van der Waals surface area contributed by atoms with Gasteiger partial charge >= 0.3 is 0 Å². The molecule has 7 heteroatoms. The Morgan fingerprint density at radius 2 is 1.68 bits per heavy atom. The van der Waals surface area contributed by atoms with Gasteiger partial charge in [0, 0.05) is 5.56 Å². The van der Waals surface area contributed by atoms with Crippen LogP contribution in [-0.2, 0) is 0 Å². The number of hydrogen-bond donors (Lipinski definition) is 0. The molecular weight excluding hydrogens is 444 g/mol. The molecule has 0 bridgehead atoms. The van der Waals surface area contributed by atoms with E-state index >= 15 is 0 Å². The van der Waals surface area contributed by atoms with Crippen LogP contribution in [0.25, 0.3) is 22.4 Å². The van der Waals surface area contributed by atoms with Gasteiger partial charge in [0.05, 0.1) is 22.3 Å². The Morgan fingerprint density at radius 1 is 0.882 bits per heavy atom. The van der Waals surface area contributed by atoms with Gasteiger partial charge in [-0.1, -0.05) is 48.2 Å². The third-order valence-electron chi connectivity index (χ3n) is 6.37. The fourth-order valence-electron chi connectivity index (χ4n) is 4.10. The molecule has 170 valence electrons. The first kappa shape index (κ1) is 22.1. The van der Waals surface area contributed by atoms with Crippen LogP contribution in [-0.4, -0.2) is 30.7 Å². The Bertz CT molecular complexity index is 1650. The van der Waals surface area contributed by atoms with E-state index < -0.39 is 0 Å². The highest BCUT2D eigenvalue weighted by Crippen LogP contribution is 2.25. The maximum atomic E-state index is 13.5. The van der Waals surface area contributed by atoms with E-state index in [0.717, 1.165) is 33.5 Å². The van der Waals surface area contributed by atoms with Gasteiger partial charge in [-0.3, -0.25) is 14.0 Å². The van der Waals surface area contributed by atoms with Crippen LogP contribution in [0.5, 0.6) is 0 Å². The summed E-state index contributed by atoms with van der Waals surface area (Å²) in [5, 5.41) is 9.92. The van der Waals surface area contributed by atoms with Crippen molar-refractivity contribution in [3.63, 3.8) is 0 Å². The van der Waals surface area contributed by atoms with E-state index in [2.05, 4.69) is 10.2 Å². The molecule has 6 nitrogen and oxygen atoms in total. The summed E-state index contributed by atoms with van der Waals surface area (Å²) in [6, 6.07) is 19.1. The Hall–Kier alpha value is -3.71. The topological polar surface area (TPSA) is 69.3 Å². The summed E-state index contributed by atoms with van der Waals surface area (Å²) < 4.78 is 3.49. The van der Waals surface area contributed by atoms with Crippen molar-refractivity contribution >= 4 is 34.2 Å². The van der Waals surface area contributed by atoms with Crippen LogP contribution in [0.15, 0.2) is 70.6 Å². The number of fused-ring (bicyclic) bond motifs is 3. The van der Waals surface area contributed by atoms with Crippen molar-refractivity contribution in [2.24, 2.45) is 0 Å². The average Bonchev–Trinajstić information content (AvgIpc) is 3.26. The van der Waals surface area contributed by atoms with Crippen molar-refractivity contribution in [2.45, 2.75) is 32.9 Å². The number of benzene rings is 3. The second kappa shape index (κ2) is 8.57. The molecule has 5 aromatic rings. The molecule has 0 radical (unpaired) electrons. The Labute approximate surface area is 201 Å². The number of hydrogen-bond acceptors (Lipinski definition) is 5. The highest BCUT2D eigenvalue weighted by Gasteiger charge is 2.20. The third-order valence-corrected chi connectivity index (χ3v) is 7.30. The van der Waals surface area contributed by atoms with E-state index in [0.29, 0.717) is 21.9 Å². The molecule has 0 N–H and O–H groups in total. The third kappa shape index (κ3) is 3.62. The number of rotatable bonds is 5. The fourth-order valence-corrected chi connectivity index (χ4v) is 4.93. The lowest BCUT2D eigenvalue weighted by Crippen LogP contribution is -2.22. The Morgan fingerprint density at radius 3 is 2.47 bits per heavy atom. The maximum absolute atomic E-state index is 13.5. The zero-order valence-corrected chi connectivity index (χ0v) is 20.3. The zero-order valence-electron chi connectivity index (χ0n) is 19.5. The van der Waals surface area contributed by atoms with Crippen LogP contribution < -0.4 is 5.56 Å². The van der Waals surface area contributed by atoms with Crippen molar-refractivity contribution < 1.29 is 4.79 Å². The number of nitrogens with zero attached hydrogens (tertiary/aromatic N) is 4. The summed E-state index contributed by atoms with van der Waals surface area (Å²) in [5.74, 6) is 0.677. The predicted octanol–water partition coefficient (Wildman–Crippen LogP) is 5.24. The van der Waals surface area contributed by atoms with Crippen LogP contribution in [0.4, 0.5) is 0 Å². The van der Waals surface area contributed by atoms with Gasteiger partial charge in [-0.2, -0.15) is 0 Å². The number of ketones is 1. The zero-order chi connectivity index (χ0) is 24.0. The molecule has 0 unspecified atom stereocenters. The first-order chi connectivity index (χ1) is 16.4. The molecule has 0 aliphatic heterocycles. The van der Waals surface area contributed by atoms with Gasteiger partial charge in [0.1, 0.15) is 0 Å². The summed E-state index contributed by atoms with van der Waals surface area (Å²) in [4.78, 5) is 26.4. The van der Waals surface area contributed by atoms with Crippen LogP contribution in [0, 0.1) is 27.7 Å². The lowest BCUT2D eigenvalue weighted by atomic mass is 10.0. The lowest BCUT2D eigenvalue weighted by molar-refractivity contribution is 0.102. The van der Waals surface area contributed by atoms with Crippen LogP contribution in [0.1, 0.15) is 32.6 Å². The minimum Gasteiger partial charge on any atom is -0.293 e. The molecule has 0 saturated carbocycles. The molecule has 0 atom stereocenters. The van der Waals surface area contributed by atoms with E-state index in [9.17, 15) is 9.59 Å². The number of thioether (sulfide) groups is 1. The molecule has 0 spiro atoms. The van der Waals surface area contributed by atoms with Gasteiger partial charge in [-0.25, -0.2) is 4.57 Å². The molecule has 0 amide bonds. The molecular formula is C27H24N4O2S. The van der Waals surface area contributed by atoms with Crippen molar-refractivity contribution in [3.05, 3.63) is 98.8 Å². The number of Topliss-reactive ketones (excluding diaryl/α,β-unsaturated/α-hetero) is 1. The molecule has 0 fully saturated rings. The number of aryl methyl sites for hydroxylation is 3. The van der Waals surface area contributed by atoms with E-state index in [4.69, 9.17) is 0 Å². The largest absolute Gasteiger partial charge is 0.293 e. The standard InChI is InChI=1S/C27H24N4O2S/c1-16-12-13-20(14-18(16)3)24(32)15-34-27-29-28-26-30(22-11-7-8-17(2)19(22)4)25(33)21-9-5-6-10-23(21)31(26)27/h5-14H,15H2,1-4H3. The number of aromatic nitrogens is 4. The maximum Gasteiger partial charge on any atom is 0.267 e. The molecule has 2 heterocycles. The quantitative estimate of drug-likeness (QED) is 0.261. The second-order valence-corrected chi connectivity index (χ2v) is 9.45. The lowest BCUT2D eigenvalue weighted by Gasteiger charge is -2.14. The molecule has 0 saturated heterocycles. The summed E-state index contributed by atoms with van der Waals surface area (Å²) in [6.07, 6.45) is 0. The molecule has 34 heavy (non-hydrogen) atoms. The summed E-state index contributed by atoms with van der Waals surface area (Å²) in [6.45, 7) is 8.05. The van der Waals surface area contributed by atoms with Gasteiger partial charge in [0.15, 0.2) is 10.9 Å². The van der Waals surface area contributed by atoms with E-state index in [1.807, 2.05) is 92.8 Å². The first-order valence-electron chi connectivity index (χ1n) is 11.1. The van der Waals surface area contributed by atoms with Crippen molar-refractivity contribution in [1.82, 2.24) is 19.2 Å². The average molecular weight is 469 g/mol. The van der Waals surface area contributed by atoms with E-state index in [1.54, 1.807) is 4.57 Å². The van der Waals surface area contributed by atoms with Gasteiger partial charge in [0.25, 0.3) is 5.56 Å². The SMILES string of the molecule is Cc1ccc(C(=O)CSc2nnc3n(-c4cccc(C)c4C)c(=O)c4ccccc4n23)cc1C. The van der Waals surface area contributed by atoms with Gasteiger partial charge in [0.2, 0.25) is 5.78 Å². The molecule has 3 aromatic carbocycles. The van der Waals surface area contributed by atoms with Crippen molar-refractivity contribution in [1.29, 1.82) is 0 Å². The normalized spacial score (nSPS) is 11.4. The summed E-state index contributed by atoms with van der Waals surface area (Å²) in [7, 11) is 0. The Kier molecular flexibility index (Phi) is 5.57. The second-order valence-electron chi connectivity index (χ2n) is 8.51. The number of carbonyl (C=O) groups is 1. The van der Waals surface area contributed by atoms with Gasteiger partial charge in [-0.05, 0) is 74.2 Å². The fraction of sp³-hybridized carbons (Fsp3) is 0.185. The predicted molar refractivity (Wildman–Crippen MR) is 137 cm³/mol. The smallest absolute Gasteiger partial charge is 0.267 e. The number of para-hydroxylation sites is 1. The van der Waals surface area contributed by atoms with Crippen LogP contribution in [0.2, 0.25) is 0 Å². The van der Waals surface area contributed by atoms with Gasteiger partial charge in [-0.15, -0.1) is 10.2 Å². The summed E-state index contributed by atoms with van der Waals surface area (Å²) in [5.41, 5.74) is 6.36. The first-order valence-corrected chi connectivity index (χ1v) is 12.0. The monoisotopic (exact) mass is 468 g/mol. The molecule has 5 rings (SSSR count). The van der Waals surface area contributed by atoms with Crippen molar-refractivity contribution in [3.8, 4) is 5.69 Å². The van der Waals surface area contributed by atoms with Crippen LogP contribution >= 0.6 is 11.8 Å². The molecule has 0 aliphatic rings. The van der Waals surface area contributed by atoms with Crippen LogP contribution in [0.3, 0.4) is 0 Å². The van der Waals surface area contributed by atoms with Gasteiger partial charge < -0.3 is 0 Å². The van der Waals surface area contributed by atoms with Crippen molar-refractivity contribution in [2.75, 3.05) is 5.75 Å². The summed E-state index contributed by atoms with van der Waals surface area (Å²) >= 11 is 1.33. The Balaban J connectivity index is 1.64.